The van der Waals surface area contributed by atoms with E-state index in [1.165, 1.54) is 11.1 Å². The summed E-state index contributed by atoms with van der Waals surface area (Å²) in [4.78, 5) is 14.3. The summed E-state index contributed by atoms with van der Waals surface area (Å²) >= 11 is 3.38. The van der Waals surface area contributed by atoms with Gasteiger partial charge < -0.3 is 5.32 Å². The van der Waals surface area contributed by atoms with Crippen molar-refractivity contribution < 1.29 is 4.79 Å². The second kappa shape index (κ2) is 7.79. The molecule has 112 valence electrons. The van der Waals surface area contributed by atoms with Crippen molar-refractivity contribution in [1.29, 1.82) is 0 Å². The number of carbonyl (C=O) groups excluding carboxylic acids is 1. The number of amides is 1. The molecule has 0 saturated heterocycles. The van der Waals surface area contributed by atoms with Crippen LogP contribution >= 0.6 is 15.9 Å². The highest BCUT2D eigenvalue weighted by Gasteiger charge is 2.23. The summed E-state index contributed by atoms with van der Waals surface area (Å²) in [7, 11) is 0. The summed E-state index contributed by atoms with van der Waals surface area (Å²) in [5.41, 5.74) is 2.47. The lowest BCUT2D eigenvalue weighted by Gasteiger charge is -2.21. The molecule has 1 N–H and O–H groups in total. The lowest BCUT2D eigenvalue weighted by molar-refractivity contribution is -0.122. The molecule has 0 spiro atoms. The molecule has 1 rings (SSSR count). The number of alkyl halides is 1. The van der Waals surface area contributed by atoms with E-state index in [1.807, 2.05) is 19.9 Å². The van der Waals surface area contributed by atoms with Gasteiger partial charge in [-0.2, -0.15) is 0 Å². The first kappa shape index (κ1) is 17.2. The minimum Gasteiger partial charge on any atom is -0.351 e. The minimum absolute atomic E-state index is 0.00939. The van der Waals surface area contributed by atoms with Crippen LogP contribution < -0.4 is 5.32 Å². The summed E-state index contributed by atoms with van der Waals surface area (Å²) in [5, 5.41) is 2.98. The van der Waals surface area contributed by atoms with Crippen LogP contribution in [0.5, 0.6) is 0 Å². The zero-order valence-electron chi connectivity index (χ0n) is 12.9. The monoisotopic (exact) mass is 340 g/mol. The van der Waals surface area contributed by atoms with Gasteiger partial charge in [-0.1, -0.05) is 54.0 Å². The molecule has 1 aromatic carbocycles. The van der Waals surface area contributed by atoms with Crippen LogP contribution in [0.25, 0.3) is 0 Å². The largest absolute Gasteiger partial charge is 0.351 e. The molecular formula is C16H25BrN2O. The van der Waals surface area contributed by atoms with Gasteiger partial charge in [-0.25, -0.2) is 0 Å². The fraction of sp³-hybridized carbons (Fsp3) is 0.562. The Balaban J connectivity index is 2.73. The van der Waals surface area contributed by atoms with Gasteiger partial charge in [0.25, 0.3) is 0 Å². The van der Waals surface area contributed by atoms with Gasteiger partial charge in [0.2, 0.25) is 5.91 Å². The Morgan fingerprint density at radius 3 is 2.25 bits per heavy atom. The average molecular weight is 341 g/mol. The van der Waals surface area contributed by atoms with E-state index < -0.39 is 4.32 Å². The van der Waals surface area contributed by atoms with E-state index in [0.29, 0.717) is 6.54 Å². The number of hydrogen-bond donors (Lipinski definition) is 1. The summed E-state index contributed by atoms with van der Waals surface area (Å²) < 4.78 is -0.527. The summed E-state index contributed by atoms with van der Waals surface area (Å²) in [6, 6.07) is 8.30. The lowest BCUT2D eigenvalue weighted by Crippen LogP contribution is -2.37. The average Bonchev–Trinajstić information content (AvgIpc) is 2.42. The molecule has 0 saturated carbocycles. The number of carbonyl (C=O) groups is 1. The van der Waals surface area contributed by atoms with Crippen LogP contribution in [-0.2, 0) is 17.9 Å². The van der Waals surface area contributed by atoms with Gasteiger partial charge in [-0.05, 0) is 38.1 Å². The fourth-order valence-corrected chi connectivity index (χ4v) is 2.10. The number of halogens is 1. The second-order valence-corrected chi connectivity index (χ2v) is 7.37. The maximum absolute atomic E-state index is 11.9. The van der Waals surface area contributed by atoms with E-state index in [-0.39, 0.29) is 5.91 Å². The molecule has 0 aromatic heterocycles. The van der Waals surface area contributed by atoms with Crippen LogP contribution in [-0.4, -0.2) is 28.2 Å². The third kappa shape index (κ3) is 5.25. The van der Waals surface area contributed by atoms with E-state index in [2.05, 4.69) is 58.2 Å². The third-order valence-corrected chi connectivity index (χ3v) is 3.75. The molecule has 0 aliphatic carbocycles. The zero-order chi connectivity index (χ0) is 15.2. The smallest absolute Gasteiger partial charge is 0.236 e. The molecule has 0 unspecified atom stereocenters. The van der Waals surface area contributed by atoms with Crippen molar-refractivity contribution in [3.63, 3.8) is 0 Å². The van der Waals surface area contributed by atoms with E-state index in [9.17, 15) is 4.79 Å². The highest BCUT2D eigenvalue weighted by atomic mass is 79.9. The quantitative estimate of drug-likeness (QED) is 0.772. The van der Waals surface area contributed by atoms with Crippen molar-refractivity contribution in [3.8, 4) is 0 Å². The lowest BCUT2D eigenvalue weighted by atomic mass is 10.1. The van der Waals surface area contributed by atoms with E-state index in [0.717, 1.165) is 19.6 Å². The number of nitrogens with zero attached hydrogens (tertiary/aromatic N) is 1. The Bertz CT molecular complexity index is 436. The number of benzene rings is 1. The molecule has 0 radical (unpaired) electrons. The summed E-state index contributed by atoms with van der Waals surface area (Å²) in [6.45, 7) is 11.6. The van der Waals surface area contributed by atoms with Crippen LogP contribution in [0.3, 0.4) is 0 Å². The minimum atomic E-state index is -0.527. The zero-order valence-corrected chi connectivity index (χ0v) is 14.5. The van der Waals surface area contributed by atoms with Crippen LogP contribution in [0.2, 0.25) is 0 Å². The molecule has 3 nitrogen and oxygen atoms in total. The standard InChI is InChI=1S/C16H25BrN2O/c1-5-19(6-2)12-14-10-8-7-9-13(14)11-18-15(20)16(3,4)17/h7-10H,5-6,11-12H2,1-4H3,(H,18,20). The van der Waals surface area contributed by atoms with E-state index in [1.54, 1.807) is 0 Å². The molecule has 0 heterocycles. The Labute approximate surface area is 130 Å². The molecule has 0 atom stereocenters. The van der Waals surface area contributed by atoms with Gasteiger partial charge in [0.1, 0.15) is 0 Å². The molecule has 0 bridgehead atoms. The number of rotatable bonds is 7. The van der Waals surface area contributed by atoms with Gasteiger partial charge in [0.15, 0.2) is 0 Å². The molecule has 1 aromatic rings. The Kier molecular flexibility index (Phi) is 6.69. The Hall–Kier alpha value is -0.870. The van der Waals surface area contributed by atoms with Crippen molar-refractivity contribution in [2.75, 3.05) is 13.1 Å². The molecule has 0 fully saturated rings. The summed E-state index contributed by atoms with van der Waals surface area (Å²) in [5.74, 6) is 0.00939. The molecule has 0 aliphatic rings. The first-order valence-corrected chi connectivity index (χ1v) is 7.94. The third-order valence-electron chi connectivity index (χ3n) is 3.39. The van der Waals surface area contributed by atoms with Gasteiger partial charge in [0.05, 0.1) is 4.32 Å². The molecule has 20 heavy (non-hydrogen) atoms. The SMILES string of the molecule is CCN(CC)Cc1ccccc1CNC(=O)C(C)(C)Br. The van der Waals surface area contributed by atoms with Crippen LogP contribution in [0.15, 0.2) is 24.3 Å². The first-order chi connectivity index (χ1) is 9.38. The highest BCUT2D eigenvalue weighted by Crippen LogP contribution is 2.17. The van der Waals surface area contributed by atoms with Crippen LogP contribution in [0, 0.1) is 0 Å². The predicted octanol–water partition coefficient (Wildman–Crippen LogP) is 3.32. The van der Waals surface area contributed by atoms with Crippen LogP contribution in [0.4, 0.5) is 0 Å². The van der Waals surface area contributed by atoms with Crippen molar-refractivity contribution in [1.82, 2.24) is 10.2 Å². The molecule has 1 amide bonds. The summed E-state index contributed by atoms with van der Waals surface area (Å²) in [6.07, 6.45) is 0. The van der Waals surface area contributed by atoms with E-state index >= 15 is 0 Å². The van der Waals surface area contributed by atoms with Crippen molar-refractivity contribution in [2.24, 2.45) is 0 Å². The van der Waals surface area contributed by atoms with Gasteiger partial charge in [0, 0.05) is 13.1 Å². The highest BCUT2D eigenvalue weighted by molar-refractivity contribution is 9.10. The van der Waals surface area contributed by atoms with Crippen molar-refractivity contribution in [2.45, 2.75) is 45.1 Å². The first-order valence-electron chi connectivity index (χ1n) is 7.14. The predicted molar refractivity (Wildman–Crippen MR) is 87.9 cm³/mol. The molecule has 4 heteroatoms. The van der Waals surface area contributed by atoms with Crippen molar-refractivity contribution in [3.05, 3.63) is 35.4 Å². The Morgan fingerprint density at radius 1 is 1.20 bits per heavy atom. The normalized spacial score (nSPS) is 11.7. The van der Waals surface area contributed by atoms with Gasteiger partial charge in [-0.3, -0.25) is 9.69 Å². The van der Waals surface area contributed by atoms with Gasteiger partial charge in [-0.15, -0.1) is 0 Å². The second-order valence-electron chi connectivity index (χ2n) is 5.39. The van der Waals surface area contributed by atoms with Crippen LogP contribution in [0.1, 0.15) is 38.8 Å². The molecular weight excluding hydrogens is 316 g/mol. The maximum Gasteiger partial charge on any atom is 0.236 e. The topological polar surface area (TPSA) is 32.3 Å². The molecule has 0 aliphatic heterocycles. The Morgan fingerprint density at radius 2 is 1.75 bits per heavy atom. The van der Waals surface area contributed by atoms with Crippen molar-refractivity contribution >= 4 is 21.8 Å². The fourth-order valence-electron chi connectivity index (χ4n) is 1.96. The van der Waals surface area contributed by atoms with Gasteiger partial charge >= 0.3 is 0 Å². The maximum atomic E-state index is 11.9. The van der Waals surface area contributed by atoms with E-state index in [4.69, 9.17) is 0 Å². The number of nitrogens with one attached hydrogen (secondary N) is 1. The number of hydrogen-bond acceptors (Lipinski definition) is 2.